The minimum Gasteiger partial charge on any atom is -0.383 e. The van der Waals surface area contributed by atoms with E-state index >= 15 is 0 Å². The predicted octanol–water partition coefficient (Wildman–Crippen LogP) is 1.67. The molecule has 20 heavy (non-hydrogen) atoms. The SMILES string of the molecule is CCn1ccn(Cc2ccc(NC)c([N+](=O)[O-])c2)c1=O. The van der Waals surface area contributed by atoms with Gasteiger partial charge in [-0.05, 0) is 18.6 Å². The lowest BCUT2D eigenvalue weighted by atomic mass is 10.1. The summed E-state index contributed by atoms with van der Waals surface area (Å²) in [6.45, 7) is 2.81. The Bertz CT molecular complexity index is 687. The Morgan fingerprint density at radius 3 is 2.55 bits per heavy atom. The number of hydrogen-bond acceptors (Lipinski definition) is 4. The molecule has 1 aromatic carbocycles. The average Bonchev–Trinajstić information content (AvgIpc) is 2.79. The molecule has 2 rings (SSSR count). The number of imidazole rings is 1. The third-order valence-electron chi connectivity index (χ3n) is 3.14. The molecule has 0 spiro atoms. The maximum Gasteiger partial charge on any atom is 0.328 e. The second kappa shape index (κ2) is 5.60. The summed E-state index contributed by atoms with van der Waals surface area (Å²) in [6.07, 6.45) is 3.39. The predicted molar refractivity (Wildman–Crippen MR) is 76.1 cm³/mol. The van der Waals surface area contributed by atoms with Crippen molar-refractivity contribution in [3.05, 3.63) is 56.8 Å². The monoisotopic (exact) mass is 276 g/mol. The first-order valence-corrected chi connectivity index (χ1v) is 6.27. The molecule has 0 aliphatic rings. The van der Waals surface area contributed by atoms with Crippen molar-refractivity contribution in [1.82, 2.24) is 9.13 Å². The van der Waals surface area contributed by atoms with Crippen molar-refractivity contribution < 1.29 is 4.92 Å². The first-order chi connectivity index (χ1) is 9.56. The second-order valence-corrected chi connectivity index (χ2v) is 4.35. The highest BCUT2D eigenvalue weighted by Crippen LogP contribution is 2.25. The van der Waals surface area contributed by atoms with E-state index in [1.165, 1.54) is 10.6 Å². The fourth-order valence-electron chi connectivity index (χ4n) is 2.05. The lowest BCUT2D eigenvalue weighted by molar-refractivity contribution is -0.384. The molecule has 7 heteroatoms. The maximum atomic E-state index is 11.9. The van der Waals surface area contributed by atoms with E-state index in [1.54, 1.807) is 36.1 Å². The van der Waals surface area contributed by atoms with Gasteiger partial charge in [0.25, 0.3) is 5.69 Å². The van der Waals surface area contributed by atoms with Crippen molar-refractivity contribution in [2.45, 2.75) is 20.0 Å². The summed E-state index contributed by atoms with van der Waals surface area (Å²) in [5, 5.41) is 13.8. The smallest absolute Gasteiger partial charge is 0.328 e. The average molecular weight is 276 g/mol. The van der Waals surface area contributed by atoms with Crippen LogP contribution in [0.1, 0.15) is 12.5 Å². The summed E-state index contributed by atoms with van der Waals surface area (Å²) in [7, 11) is 1.63. The van der Waals surface area contributed by atoms with E-state index in [-0.39, 0.29) is 11.4 Å². The first-order valence-electron chi connectivity index (χ1n) is 6.27. The van der Waals surface area contributed by atoms with Crippen molar-refractivity contribution >= 4 is 11.4 Å². The van der Waals surface area contributed by atoms with Gasteiger partial charge in [0, 0.05) is 32.1 Å². The summed E-state index contributed by atoms with van der Waals surface area (Å²) >= 11 is 0. The molecule has 0 amide bonds. The Labute approximate surface area is 115 Å². The van der Waals surface area contributed by atoms with Crippen LogP contribution < -0.4 is 11.0 Å². The Kier molecular flexibility index (Phi) is 3.88. The molecule has 106 valence electrons. The van der Waals surface area contributed by atoms with Crippen LogP contribution in [0.5, 0.6) is 0 Å². The van der Waals surface area contributed by atoms with Crippen LogP contribution in [0.3, 0.4) is 0 Å². The van der Waals surface area contributed by atoms with Crippen molar-refractivity contribution in [2.24, 2.45) is 0 Å². The highest BCUT2D eigenvalue weighted by molar-refractivity contribution is 5.62. The molecule has 0 saturated carbocycles. The van der Waals surface area contributed by atoms with Gasteiger partial charge in [-0.15, -0.1) is 0 Å². The van der Waals surface area contributed by atoms with E-state index in [1.807, 2.05) is 6.92 Å². The Morgan fingerprint density at radius 1 is 1.30 bits per heavy atom. The Hall–Kier alpha value is -2.57. The number of hydrogen-bond donors (Lipinski definition) is 1. The van der Waals surface area contributed by atoms with Crippen molar-refractivity contribution in [2.75, 3.05) is 12.4 Å². The Balaban J connectivity index is 2.34. The molecule has 0 unspecified atom stereocenters. The third kappa shape index (κ3) is 2.56. The summed E-state index contributed by atoms with van der Waals surface area (Å²) < 4.78 is 3.11. The number of nitrogens with one attached hydrogen (secondary N) is 1. The zero-order valence-corrected chi connectivity index (χ0v) is 11.4. The van der Waals surface area contributed by atoms with Crippen LogP contribution in [0.2, 0.25) is 0 Å². The molecule has 1 N–H and O–H groups in total. The van der Waals surface area contributed by atoms with Crippen LogP contribution in [0.25, 0.3) is 0 Å². The molecular weight excluding hydrogens is 260 g/mol. The number of rotatable bonds is 5. The molecule has 1 aromatic heterocycles. The molecular formula is C13H16N4O3. The van der Waals surface area contributed by atoms with Crippen LogP contribution in [0, 0.1) is 10.1 Å². The maximum absolute atomic E-state index is 11.9. The molecule has 0 saturated heterocycles. The van der Waals surface area contributed by atoms with E-state index in [0.717, 1.165) is 0 Å². The van der Waals surface area contributed by atoms with E-state index in [4.69, 9.17) is 0 Å². The first kappa shape index (κ1) is 13.9. The number of benzene rings is 1. The van der Waals surface area contributed by atoms with Crippen LogP contribution in [-0.4, -0.2) is 21.1 Å². The minimum atomic E-state index is -0.435. The normalized spacial score (nSPS) is 10.5. The van der Waals surface area contributed by atoms with Gasteiger partial charge in [0.2, 0.25) is 0 Å². The van der Waals surface area contributed by atoms with Crippen molar-refractivity contribution in [1.29, 1.82) is 0 Å². The quantitative estimate of drug-likeness (QED) is 0.665. The van der Waals surface area contributed by atoms with E-state index < -0.39 is 4.92 Å². The van der Waals surface area contributed by atoms with Crippen LogP contribution in [0.15, 0.2) is 35.4 Å². The molecule has 0 fully saturated rings. The highest BCUT2D eigenvalue weighted by Gasteiger charge is 2.14. The second-order valence-electron chi connectivity index (χ2n) is 4.35. The number of nitro benzene ring substituents is 1. The summed E-state index contributed by atoms with van der Waals surface area (Å²) in [5.74, 6) is 0. The zero-order chi connectivity index (χ0) is 14.7. The van der Waals surface area contributed by atoms with Gasteiger partial charge in [-0.1, -0.05) is 6.07 Å². The molecule has 0 radical (unpaired) electrons. The number of aryl methyl sites for hydroxylation is 1. The van der Waals surface area contributed by atoms with Gasteiger partial charge in [-0.25, -0.2) is 4.79 Å². The molecule has 7 nitrogen and oxygen atoms in total. The lowest BCUT2D eigenvalue weighted by Gasteiger charge is -2.06. The molecule has 0 atom stereocenters. The van der Waals surface area contributed by atoms with E-state index in [0.29, 0.717) is 24.3 Å². The van der Waals surface area contributed by atoms with Gasteiger partial charge in [0.05, 0.1) is 11.5 Å². The van der Waals surface area contributed by atoms with Crippen molar-refractivity contribution in [3.63, 3.8) is 0 Å². The zero-order valence-electron chi connectivity index (χ0n) is 11.4. The lowest BCUT2D eigenvalue weighted by Crippen LogP contribution is -2.23. The molecule has 0 aliphatic carbocycles. The number of anilines is 1. The highest BCUT2D eigenvalue weighted by atomic mass is 16.6. The van der Waals surface area contributed by atoms with Crippen LogP contribution in [-0.2, 0) is 13.1 Å². The fraction of sp³-hybridized carbons (Fsp3) is 0.308. The van der Waals surface area contributed by atoms with E-state index in [9.17, 15) is 14.9 Å². The van der Waals surface area contributed by atoms with E-state index in [2.05, 4.69) is 5.32 Å². The summed E-state index contributed by atoms with van der Waals surface area (Å²) in [5.41, 5.74) is 1.06. The summed E-state index contributed by atoms with van der Waals surface area (Å²) in [6, 6.07) is 4.91. The van der Waals surface area contributed by atoms with Crippen LogP contribution >= 0.6 is 0 Å². The van der Waals surface area contributed by atoms with Gasteiger partial charge in [0.1, 0.15) is 5.69 Å². The Morgan fingerprint density at radius 2 is 2.00 bits per heavy atom. The number of nitrogens with zero attached hydrogens (tertiary/aromatic N) is 3. The van der Waals surface area contributed by atoms with Gasteiger partial charge in [-0.2, -0.15) is 0 Å². The molecule has 0 aliphatic heterocycles. The van der Waals surface area contributed by atoms with Gasteiger partial charge >= 0.3 is 5.69 Å². The van der Waals surface area contributed by atoms with Crippen molar-refractivity contribution in [3.8, 4) is 0 Å². The fourth-order valence-corrected chi connectivity index (χ4v) is 2.05. The van der Waals surface area contributed by atoms with Gasteiger partial charge in [-0.3, -0.25) is 19.2 Å². The van der Waals surface area contributed by atoms with Gasteiger partial charge < -0.3 is 5.32 Å². The minimum absolute atomic E-state index is 0.00738. The van der Waals surface area contributed by atoms with Gasteiger partial charge in [0.15, 0.2) is 0 Å². The number of aromatic nitrogens is 2. The molecule has 1 heterocycles. The molecule has 2 aromatic rings. The topological polar surface area (TPSA) is 82.1 Å². The number of nitro groups is 1. The largest absolute Gasteiger partial charge is 0.383 e. The standard InChI is InChI=1S/C13H16N4O3/c1-3-15-6-7-16(13(15)18)9-10-4-5-11(14-2)12(8-10)17(19)20/h4-8,14H,3,9H2,1-2H3. The summed E-state index contributed by atoms with van der Waals surface area (Å²) in [4.78, 5) is 22.5. The third-order valence-corrected chi connectivity index (χ3v) is 3.14. The molecule has 0 bridgehead atoms. The van der Waals surface area contributed by atoms with Crippen LogP contribution in [0.4, 0.5) is 11.4 Å².